The third kappa shape index (κ3) is 5.83. The summed E-state index contributed by atoms with van der Waals surface area (Å²) in [5, 5.41) is 0. The Labute approximate surface area is 111 Å². The fourth-order valence-corrected chi connectivity index (χ4v) is 2.24. The second-order valence-corrected chi connectivity index (χ2v) is 5.90. The van der Waals surface area contributed by atoms with Gasteiger partial charge in [0, 0.05) is 13.1 Å². The number of carbonyl (C=O) groups is 1. The standard InChI is InChI=1S/C14H28N2O2/c1-12(2)6-5-7-13-10-16(8-9-18-13)14(17)11-15(3)4/h12-13H,5-11H2,1-4H3/t13-/m0/s1. The van der Waals surface area contributed by atoms with Gasteiger partial charge in [-0.3, -0.25) is 4.79 Å². The highest BCUT2D eigenvalue weighted by Gasteiger charge is 2.23. The number of morpholine rings is 1. The molecule has 1 aliphatic rings. The quantitative estimate of drug-likeness (QED) is 0.723. The molecule has 1 rings (SSSR count). The van der Waals surface area contributed by atoms with Gasteiger partial charge in [-0.1, -0.05) is 26.7 Å². The second kappa shape index (κ2) is 7.74. The van der Waals surface area contributed by atoms with E-state index in [0.717, 1.165) is 25.4 Å². The number of rotatable bonds is 6. The summed E-state index contributed by atoms with van der Waals surface area (Å²) in [5.41, 5.74) is 0. The third-order valence-electron chi connectivity index (χ3n) is 3.25. The summed E-state index contributed by atoms with van der Waals surface area (Å²) in [7, 11) is 3.86. The molecule has 0 aliphatic carbocycles. The lowest BCUT2D eigenvalue weighted by Crippen LogP contribution is -2.48. The predicted octanol–water partition coefficient (Wildman–Crippen LogP) is 1.60. The molecule has 0 spiro atoms. The number of amides is 1. The van der Waals surface area contributed by atoms with E-state index in [9.17, 15) is 4.79 Å². The molecule has 0 bridgehead atoms. The summed E-state index contributed by atoms with van der Waals surface area (Å²) in [6, 6.07) is 0. The summed E-state index contributed by atoms with van der Waals surface area (Å²) in [6.07, 6.45) is 3.75. The van der Waals surface area contributed by atoms with Crippen LogP contribution in [0.15, 0.2) is 0 Å². The van der Waals surface area contributed by atoms with Crippen molar-refractivity contribution in [3.05, 3.63) is 0 Å². The molecule has 4 heteroatoms. The molecule has 106 valence electrons. The lowest BCUT2D eigenvalue weighted by molar-refractivity contribution is -0.139. The van der Waals surface area contributed by atoms with Crippen molar-refractivity contribution in [3.8, 4) is 0 Å². The average Bonchev–Trinajstić information content (AvgIpc) is 2.28. The lowest BCUT2D eigenvalue weighted by Gasteiger charge is -2.33. The van der Waals surface area contributed by atoms with Crippen LogP contribution in [0.1, 0.15) is 33.1 Å². The molecule has 1 amide bonds. The van der Waals surface area contributed by atoms with Crippen molar-refractivity contribution in [2.75, 3.05) is 40.3 Å². The molecule has 0 unspecified atom stereocenters. The van der Waals surface area contributed by atoms with Gasteiger partial charge in [0.25, 0.3) is 0 Å². The maximum atomic E-state index is 12.0. The van der Waals surface area contributed by atoms with Crippen LogP contribution in [0.5, 0.6) is 0 Å². The molecule has 0 radical (unpaired) electrons. The van der Waals surface area contributed by atoms with Crippen molar-refractivity contribution in [2.24, 2.45) is 5.92 Å². The molecule has 4 nitrogen and oxygen atoms in total. The van der Waals surface area contributed by atoms with Gasteiger partial charge in [0.1, 0.15) is 0 Å². The van der Waals surface area contributed by atoms with Crippen molar-refractivity contribution < 1.29 is 9.53 Å². The van der Waals surface area contributed by atoms with Gasteiger partial charge in [-0.05, 0) is 26.4 Å². The van der Waals surface area contributed by atoms with E-state index in [1.165, 1.54) is 12.8 Å². The number of carbonyl (C=O) groups excluding carboxylic acids is 1. The van der Waals surface area contributed by atoms with Crippen molar-refractivity contribution in [3.63, 3.8) is 0 Å². The van der Waals surface area contributed by atoms with E-state index in [0.29, 0.717) is 13.2 Å². The SMILES string of the molecule is CC(C)CCC[C@H]1CN(C(=O)CN(C)C)CCO1. The fraction of sp³-hybridized carbons (Fsp3) is 0.929. The number of hydrogen-bond donors (Lipinski definition) is 0. The molecule has 1 atom stereocenters. The Hall–Kier alpha value is -0.610. The molecule has 0 aromatic heterocycles. The predicted molar refractivity (Wildman–Crippen MR) is 73.6 cm³/mol. The van der Waals surface area contributed by atoms with Gasteiger partial charge in [0.2, 0.25) is 5.91 Å². The summed E-state index contributed by atoms with van der Waals surface area (Å²) in [4.78, 5) is 15.8. The van der Waals surface area contributed by atoms with E-state index in [4.69, 9.17) is 4.74 Å². The third-order valence-corrected chi connectivity index (χ3v) is 3.25. The van der Waals surface area contributed by atoms with Crippen LogP contribution in [0, 0.1) is 5.92 Å². The van der Waals surface area contributed by atoms with Crippen molar-refractivity contribution >= 4 is 5.91 Å². The Balaban J connectivity index is 2.29. The zero-order valence-electron chi connectivity index (χ0n) is 12.3. The fourth-order valence-electron chi connectivity index (χ4n) is 2.24. The summed E-state index contributed by atoms with van der Waals surface area (Å²) >= 11 is 0. The summed E-state index contributed by atoms with van der Waals surface area (Å²) < 4.78 is 5.74. The van der Waals surface area contributed by atoms with E-state index in [2.05, 4.69) is 13.8 Å². The molecular weight excluding hydrogens is 228 g/mol. The van der Waals surface area contributed by atoms with Crippen molar-refractivity contribution in [1.82, 2.24) is 9.80 Å². The topological polar surface area (TPSA) is 32.8 Å². The van der Waals surface area contributed by atoms with Crippen LogP contribution in [0.3, 0.4) is 0 Å². The van der Waals surface area contributed by atoms with Crippen LogP contribution in [-0.2, 0) is 9.53 Å². The Morgan fingerprint density at radius 2 is 2.17 bits per heavy atom. The zero-order chi connectivity index (χ0) is 13.5. The highest BCUT2D eigenvalue weighted by molar-refractivity contribution is 5.78. The van der Waals surface area contributed by atoms with Crippen molar-refractivity contribution in [2.45, 2.75) is 39.2 Å². The van der Waals surface area contributed by atoms with Gasteiger partial charge < -0.3 is 14.5 Å². The normalized spacial score (nSPS) is 20.8. The molecule has 1 heterocycles. The molecule has 0 N–H and O–H groups in total. The Morgan fingerprint density at radius 1 is 1.44 bits per heavy atom. The molecule has 0 aromatic carbocycles. The highest BCUT2D eigenvalue weighted by atomic mass is 16.5. The number of nitrogens with zero attached hydrogens (tertiary/aromatic N) is 2. The maximum Gasteiger partial charge on any atom is 0.236 e. The van der Waals surface area contributed by atoms with E-state index < -0.39 is 0 Å². The minimum Gasteiger partial charge on any atom is -0.375 e. The Kier molecular flexibility index (Phi) is 6.65. The first-order valence-corrected chi connectivity index (χ1v) is 7.03. The van der Waals surface area contributed by atoms with Crippen LogP contribution in [0.4, 0.5) is 0 Å². The van der Waals surface area contributed by atoms with Gasteiger partial charge in [-0.2, -0.15) is 0 Å². The summed E-state index contributed by atoms with van der Waals surface area (Å²) in [5.74, 6) is 0.970. The molecule has 1 fully saturated rings. The second-order valence-electron chi connectivity index (χ2n) is 5.90. The maximum absolute atomic E-state index is 12.0. The van der Waals surface area contributed by atoms with E-state index in [1.807, 2.05) is 23.9 Å². The minimum atomic E-state index is 0.220. The first kappa shape index (κ1) is 15.4. The van der Waals surface area contributed by atoms with E-state index >= 15 is 0 Å². The first-order chi connectivity index (χ1) is 8.49. The largest absolute Gasteiger partial charge is 0.375 e. The minimum absolute atomic E-state index is 0.220. The van der Waals surface area contributed by atoms with Gasteiger partial charge in [0.05, 0.1) is 19.3 Å². The zero-order valence-corrected chi connectivity index (χ0v) is 12.3. The highest BCUT2D eigenvalue weighted by Crippen LogP contribution is 2.14. The molecule has 18 heavy (non-hydrogen) atoms. The number of hydrogen-bond acceptors (Lipinski definition) is 3. The number of likely N-dealkylation sites (N-methyl/N-ethyl adjacent to an activating group) is 1. The van der Waals surface area contributed by atoms with Crippen LogP contribution in [0.25, 0.3) is 0 Å². The number of ether oxygens (including phenoxy) is 1. The van der Waals surface area contributed by atoms with E-state index in [1.54, 1.807) is 0 Å². The molecule has 0 aromatic rings. The summed E-state index contributed by atoms with van der Waals surface area (Å²) in [6.45, 7) is 7.19. The molecule has 0 saturated carbocycles. The van der Waals surface area contributed by atoms with Gasteiger partial charge in [0.15, 0.2) is 0 Å². The smallest absolute Gasteiger partial charge is 0.236 e. The van der Waals surface area contributed by atoms with Crippen LogP contribution in [-0.4, -0.2) is 62.1 Å². The Bertz CT molecular complexity index is 254. The van der Waals surface area contributed by atoms with Gasteiger partial charge in [-0.25, -0.2) is 0 Å². The van der Waals surface area contributed by atoms with Crippen molar-refractivity contribution in [1.29, 1.82) is 0 Å². The molecular formula is C14H28N2O2. The van der Waals surface area contributed by atoms with Crippen LogP contribution >= 0.6 is 0 Å². The average molecular weight is 256 g/mol. The van der Waals surface area contributed by atoms with E-state index in [-0.39, 0.29) is 12.0 Å². The van der Waals surface area contributed by atoms with Crippen LogP contribution in [0.2, 0.25) is 0 Å². The molecule has 1 aliphatic heterocycles. The molecule has 1 saturated heterocycles. The van der Waals surface area contributed by atoms with Crippen LogP contribution < -0.4 is 0 Å². The first-order valence-electron chi connectivity index (χ1n) is 7.03. The van der Waals surface area contributed by atoms with Gasteiger partial charge in [-0.15, -0.1) is 0 Å². The Morgan fingerprint density at radius 3 is 2.78 bits per heavy atom. The lowest BCUT2D eigenvalue weighted by atomic mass is 10.0. The monoisotopic (exact) mass is 256 g/mol. The van der Waals surface area contributed by atoms with Gasteiger partial charge >= 0.3 is 0 Å².